The van der Waals surface area contributed by atoms with Crippen molar-refractivity contribution in [3.8, 4) is 5.75 Å². The highest BCUT2D eigenvalue weighted by atomic mass is 79.9. The average Bonchev–Trinajstić information content (AvgIpc) is 2.48. The SMILES string of the molecule is COc1cc(Nc2nc(NN)nc(N(C)C)n2)ccc1Br. The first kappa shape index (κ1) is 15.3. The van der Waals surface area contributed by atoms with Gasteiger partial charge in [0.1, 0.15) is 5.75 Å². The lowest BCUT2D eigenvalue weighted by atomic mass is 10.3. The molecule has 0 saturated heterocycles. The molecular formula is C12H16BrN7O. The summed E-state index contributed by atoms with van der Waals surface area (Å²) >= 11 is 3.40. The van der Waals surface area contributed by atoms with Gasteiger partial charge in [-0.05, 0) is 28.1 Å². The maximum absolute atomic E-state index is 5.37. The second kappa shape index (κ2) is 6.55. The zero-order chi connectivity index (χ0) is 15.4. The first-order valence-electron chi connectivity index (χ1n) is 6.04. The van der Waals surface area contributed by atoms with Crippen LogP contribution in [0.2, 0.25) is 0 Å². The smallest absolute Gasteiger partial charge is 0.243 e. The number of halogens is 1. The van der Waals surface area contributed by atoms with Crippen LogP contribution in [0.5, 0.6) is 5.75 Å². The second-order valence-electron chi connectivity index (χ2n) is 4.30. The molecular weight excluding hydrogens is 338 g/mol. The van der Waals surface area contributed by atoms with E-state index in [2.05, 4.69) is 41.6 Å². The number of hydrogen-bond acceptors (Lipinski definition) is 8. The number of rotatable bonds is 5. The summed E-state index contributed by atoms with van der Waals surface area (Å²) < 4.78 is 6.11. The zero-order valence-corrected chi connectivity index (χ0v) is 13.5. The molecule has 0 aliphatic carbocycles. The predicted octanol–water partition coefficient (Wildman–Crippen LogP) is 1.74. The Kier molecular flexibility index (Phi) is 4.76. The molecule has 0 bridgehead atoms. The van der Waals surface area contributed by atoms with Crippen LogP contribution in [-0.2, 0) is 0 Å². The number of nitrogens with one attached hydrogen (secondary N) is 2. The van der Waals surface area contributed by atoms with Gasteiger partial charge in [-0.15, -0.1) is 0 Å². The Morgan fingerprint density at radius 3 is 2.52 bits per heavy atom. The lowest BCUT2D eigenvalue weighted by Gasteiger charge is -2.13. The lowest BCUT2D eigenvalue weighted by molar-refractivity contribution is 0.412. The second-order valence-corrected chi connectivity index (χ2v) is 5.15. The molecule has 0 amide bonds. The Labute approximate surface area is 130 Å². The van der Waals surface area contributed by atoms with Crippen LogP contribution in [0.25, 0.3) is 0 Å². The quantitative estimate of drug-likeness (QED) is 0.551. The molecule has 0 aliphatic heterocycles. The van der Waals surface area contributed by atoms with Crippen LogP contribution in [0.3, 0.4) is 0 Å². The largest absolute Gasteiger partial charge is 0.495 e. The van der Waals surface area contributed by atoms with E-state index in [1.807, 2.05) is 32.3 Å². The number of hydrazine groups is 1. The number of nitrogen functional groups attached to an aromatic ring is 1. The maximum atomic E-state index is 5.37. The van der Waals surface area contributed by atoms with Gasteiger partial charge in [0.15, 0.2) is 0 Å². The molecule has 0 fully saturated rings. The van der Waals surface area contributed by atoms with Crippen LogP contribution < -0.4 is 26.2 Å². The monoisotopic (exact) mass is 353 g/mol. The van der Waals surface area contributed by atoms with E-state index in [-0.39, 0.29) is 5.95 Å². The third-order valence-corrected chi connectivity index (χ3v) is 3.22. The minimum atomic E-state index is 0.278. The van der Waals surface area contributed by atoms with Crippen LogP contribution in [0.4, 0.5) is 23.5 Å². The molecule has 0 spiro atoms. The molecule has 0 radical (unpaired) electrons. The van der Waals surface area contributed by atoms with Crippen molar-refractivity contribution >= 4 is 39.5 Å². The summed E-state index contributed by atoms with van der Waals surface area (Å²) in [6.45, 7) is 0. The molecule has 1 heterocycles. The molecule has 2 aromatic rings. The van der Waals surface area contributed by atoms with Gasteiger partial charge in [-0.3, -0.25) is 5.43 Å². The van der Waals surface area contributed by atoms with E-state index in [9.17, 15) is 0 Å². The number of aromatic nitrogens is 3. The Hall–Kier alpha value is -2.13. The number of anilines is 4. The number of nitrogens with two attached hydrogens (primary N) is 1. The fourth-order valence-corrected chi connectivity index (χ4v) is 1.96. The van der Waals surface area contributed by atoms with E-state index in [1.165, 1.54) is 0 Å². The molecule has 1 aromatic carbocycles. The molecule has 0 atom stereocenters. The van der Waals surface area contributed by atoms with Crippen molar-refractivity contribution < 1.29 is 4.74 Å². The highest BCUT2D eigenvalue weighted by Crippen LogP contribution is 2.29. The van der Waals surface area contributed by atoms with Crippen molar-refractivity contribution in [3.05, 3.63) is 22.7 Å². The fraction of sp³-hybridized carbons (Fsp3) is 0.250. The van der Waals surface area contributed by atoms with Crippen LogP contribution in [-0.4, -0.2) is 36.2 Å². The molecule has 0 unspecified atom stereocenters. The molecule has 112 valence electrons. The maximum Gasteiger partial charge on any atom is 0.243 e. The lowest BCUT2D eigenvalue weighted by Crippen LogP contribution is -2.18. The molecule has 21 heavy (non-hydrogen) atoms. The molecule has 8 nitrogen and oxygen atoms in total. The van der Waals surface area contributed by atoms with Gasteiger partial charge in [0.25, 0.3) is 0 Å². The first-order valence-corrected chi connectivity index (χ1v) is 6.83. The van der Waals surface area contributed by atoms with Crippen molar-refractivity contribution in [2.75, 3.05) is 36.8 Å². The summed E-state index contributed by atoms with van der Waals surface area (Å²) in [5, 5.41) is 3.09. The Balaban J connectivity index is 2.32. The molecule has 4 N–H and O–H groups in total. The van der Waals surface area contributed by atoms with Gasteiger partial charge in [-0.25, -0.2) is 5.84 Å². The van der Waals surface area contributed by atoms with Crippen molar-refractivity contribution in [2.45, 2.75) is 0 Å². The van der Waals surface area contributed by atoms with Crippen LogP contribution in [0.1, 0.15) is 0 Å². The van der Waals surface area contributed by atoms with E-state index >= 15 is 0 Å². The number of methoxy groups -OCH3 is 1. The highest BCUT2D eigenvalue weighted by Gasteiger charge is 2.09. The molecule has 0 aliphatic rings. The Morgan fingerprint density at radius 2 is 1.90 bits per heavy atom. The standard InChI is InChI=1S/C12H16BrN7O/c1-20(2)12-17-10(16-11(18-12)19-14)15-7-4-5-8(13)9(6-7)21-3/h4-6H,14H2,1-3H3,(H2,15,16,17,18,19). The van der Waals surface area contributed by atoms with E-state index in [1.54, 1.807) is 12.0 Å². The van der Waals surface area contributed by atoms with Gasteiger partial charge in [-0.2, -0.15) is 15.0 Å². The summed E-state index contributed by atoms with van der Waals surface area (Å²) in [5.41, 5.74) is 3.21. The number of hydrogen-bond donors (Lipinski definition) is 3. The zero-order valence-electron chi connectivity index (χ0n) is 11.9. The number of ether oxygens (including phenoxy) is 1. The van der Waals surface area contributed by atoms with E-state index in [4.69, 9.17) is 10.6 Å². The Morgan fingerprint density at radius 1 is 1.19 bits per heavy atom. The first-order chi connectivity index (χ1) is 10.0. The van der Waals surface area contributed by atoms with Gasteiger partial charge in [0.05, 0.1) is 11.6 Å². The number of benzene rings is 1. The predicted molar refractivity (Wildman–Crippen MR) is 85.9 cm³/mol. The fourth-order valence-electron chi connectivity index (χ4n) is 1.55. The van der Waals surface area contributed by atoms with E-state index < -0.39 is 0 Å². The Bertz CT molecular complexity index is 635. The summed E-state index contributed by atoms with van der Waals surface area (Å²) in [5.74, 6) is 7.23. The molecule has 2 rings (SSSR count). The summed E-state index contributed by atoms with van der Waals surface area (Å²) in [4.78, 5) is 14.4. The van der Waals surface area contributed by atoms with Gasteiger partial charge >= 0.3 is 0 Å². The topological polar surface area (TPSA) is 101 Å². The molecule has 9 heteroatoms. The molecule has 1 aromatic heterocycles. The summed E-state index contributed by atoms with van der Waals surface area (Å²) in [7, 11) is 5.28. The van der Waals surface area contributed by atoms with Crippen LogP contribution in [0, 0.1) is 0 Å². The van der Waals surface area contributed by atoms with Gasteiger partial charge in [0, 0.05) is 25.8 Å². The highest BCUT2D eigenvalue weighted by molar-refractivity contribution is 9.10. The van der Waals surface area contributed by atoms with Crippen LogP contribution in [0.15, 0.2) is 22.7 Å². The molecule has 0 saturated carbocycles. The van der Waals surface area contributed by atoms with E-state index in [0.717, 1.165) is 10.2 Å². The van der Waals surface area contributed by atoms with Crippen molar-refractivity contribution in [2.24, 2.45) is 5.84 Å². The summed E-state index contributed by atoms with van der Waals surface area (Å²) in [6, 6.07) is 5.58. The van der Waals surface area contributed by atoms with Crippen molar-refractivity contribution in [1.82, 2.24) is 15.0 Å². The average molecular weight is 354 g/mol. The third kappa shape index (κ3) is 3.70. The number of nitrogens with zero attached hydrogens (tertiary/aromatic N) is 4. The van der Waals surface area contributed by atoms with E-state index in [0.29, 0.717) is 17.6 Å². The van der Waals surface area contributed by atoms with Gasteiger partial charge < -0.3 is 15.0 Å². The van der Waals surface area contributed by atoms with Crippen LogP contribution >= 0.6 is 15.9 Å². The van der Waals surface area contributed by atoms with Crippen molar-refractivity contribution in [1.29, 1.82) is 0 Å². The van der Waals surface area contributed by atoms with Gasteiger partial charge in [0.2, 0.25) is 17.8 Å². The minimum absolute atomic E-state index is 0.278. The van der Waals surface area contributed by atoms with Gasteiger partial charge in [-0.1, -0.05) is 0 Å². The minimum Gasteiger partial charge on any atom is -0.495 e. The third-order valence-electron chi connectivity index (χ3n) is 2.56. The van der Waals surface area contributed by atoms with Crippen molar-refractivity contribution in [3.63, 3.8) is 0 Å². The summed E-state index contributed by atoms with van der Waals surface area (Å²) in [6.07, 6.45) is 0. The normalized spacial score (nSPS) is 10.1.